The van der Waals surface area contributed by atoms with Gasteiger partial charge in [-0.1, -0.05) is 0 Å². The summed E-state index contributed by atoms with van der Waals surface area (Å²) < 4.78 is 5.27. The van der Waals surface area contributed by atoms with Crippen LogP contribution in [-0.2, 0) is 4.74 Å². The fourth-order valence-electron chi connectivity index (χ4n) is 3.06. The summed E-state index contributed by atoms with van der Waals surface area (Å²) in [6.07, 6.45) is 4.66. The van der Waals surface area contributed by atoms with Gasteiger partial charge in [0.25, 0.3) is 0 Å². The highest BCUT2D eigenvalue weighted by Crippen LogP contribution is 2.38. The van der Waals surface area contributed by atoms with E-state index in [4.69, 9.17) is 4.74 Å². The molecular formula is C13H24N2O2. The lowest BCUT2D eigenvalue weighted by molar-refractivity contribution is 0.0493. The molecule has 1 N–H and O–H groups in total. The van der Waals surface area contributed by atoms with E-state index in [0.29, 0.717) is 0 Å². The molecule has 2 aliphatic rings. The Balaban J connectivity index is 1.83. The number of carbonyl (C=O) groups excluding carboxylic acids is 1. The standard InChI is InChI=1S/C13H24N2O2/c1-12(2,3)17-11(16)14-10-13-6-4-8-15(13)9-5-7-13/h4-10H2,1-3H3,(H,14,16). The molecule has 0 aromatic carbocycles. The average molecular weight is 240 g/mol. The Bertz CT molecular complexity index is 286. The van der Waals surface area contributed by atoms with E-state index in [1.807, 2.05) is 20.8 Å². The molecular weight excluding hydrogens is 216 g/mol. The van der Waals surface area contributed by atoms with Gasteiger partial charge in [-0.3, -0.25) is 4.90 Å². The summed E-state index contributed by atoms with van der Waals surface area (Å²) in [4.78, 5) is 14.2. The third-order valence-corrected chi connectivity index (χ3v) is 3.77. The van der Waals surface area contributed by atoms with Crippen LogP contribution in [0.4, 0.5) is 4.79 Å². The fraction of sp³-hybridized carbons (Fsp3) is 0.923. The number of rotatable bonds is 2. The Morgan fingerprint density at radius 3 is 2.41 bits per heavy atom. The lowest BCUT2D eigenvalue weighted by Gasteiger charge is -2.32. The molecule has 2 fully saturated rings. The van der Waals surface area contributed by atoms with Gasteiger partial charge in [0.1, 0.15) is 5.60 Å². The predicted molar refractivity (Wildman–Crippen MR) is 67.0 cm³/mol. The molecule has 0 aromatic heterocycles. The highest BCUT2D eigenvalue weighted by atomic mass is 16.6. The van der Waals surface area contributed by atoms with Gasteiger partial charge in [0.15, 0.2) is 0 Å². The molecule has 2 heterocycles. The van der Waals surface area contributed by atoms with Crippen LogP contribution in [-0.4, -0.2) is 41.8 Å². The maximum atomic E-state index is 11.6. The van der Waals surface area contributed by atoms with Gasteiger partial charge in [-0.25, -0.2) is 4.79 Å². The summed E-state index contributed by atoms with van der Waals surface area (Å²) in [5.74, 6) is 0. The number of carbonyl (C=O) groups is 1. The number of amides is 1. The van der Waals surface area contributed by atoms with Gasteiger partial charge in [0, 0.05) is 12.1 Å². The van der Waals surface area contributed by atoms with Crippen molar-refractivity contribution in [1.82, 2.24) is 10.2 Å². The minimum Gasteiger partial charge on any atom is -0.444 e. The smallest absolute Gasteiger partial charge is 0.407 e. The van der Waals surface area contributed by atoms with Crippen LogP contribution >= 0.6 is 0 Å². The summed E-state index contributed by atoms with van der Waals surface area (Å²) in [5.41, 5.74) is -0.177. The normalized spacial score (nSPS) is 23.5. The second-order valence-electron chi connectivity index (χ2n) is 6.27. The molecule has 0 bridgehead atoms. The molecule has 98 valence electrons. The van der Waals surface area contributed by atoms with Crippen LogP contribution < -0.4 is 5.32 Å². The van der Waals surface area contributed by atoms with Gasteiger partial charge < -0.3 is 10.1 Å². The monoisotopic (exact) mass is 240 g/mol. The van der Waals surface area contributed by atoms with Gasteiger partial charge in [0.2, 0.25) is 0 Å². The molecule has 0 unspecified atom stereocenters. The molecule has 4 nitrogen and oxygen atoms in total. The lowest BCUT2D eigenvalue weighted by atomic mass is 9.94. The summed E-state index contributed by atoms with van der Waals surface area (Å²) in [6.45, 7) is 8.79. The zero-order valence-corrected chi connectivity index (χ0v) is 11.2. The number of alkyl carbamates (subject to hydrolysis) is 1. The van der Waals surface area contributed by atoms with Crippen molar-refractivity contribution in [2.24, 2.45) is 0 Å². The number of fused-ring (bicyclic) bond motifs is 1. The van der Waals surface area contributed by atoms with Crippen molar-refractivity contribution in [2.75, 3.05) is 19.6 Å². The summed E-state index contributed by atoms with van der Waals surface area (Å²) in [5, 5.41) is 2.94. The number of hydrogen-bond donors (Lipinski definition) is 1. The van der Waals surface area contributed by atoms with Crippen molar-refractivity contribution in [3.8, 4) is 0 Å². The minimum atomic E-state index is -0.410. The molecule has 4 heteroatoms. The summed E-state index contributed by atoms with van der Waals surface area (Å²) in [6, 6.07) is 0. The Hall–Kier alpha value is -0.770. The maximum Gasteiger partial charge on any atom is 0.407 e. The quantitative estimate of drug-likeness (QED) is 0.804. The molecule has 0 aliphatic carbocycles. The molecule has 2 aliphatic heterocycles. The molecule has 2 saturated heterocycles. The average Bonchev–Trinajstić information content (AvgIpc) is 2.69. The van der Waals surface area contributed by atoms with Gasteiger partial charge in [-0.15, -0.1) is 0 Å². The van der Waals surface area contributed by atoms with E-state index < -0.39 is 5.60 Å². The molecule has 0 saturated carbocycles. The molecule has 2 rings (SSSR count). The topological polar surface area (TPSA) is 41.6 Å². The van der Waals surface area contributed by atoms with Crippen molar-refractivity contribution in [3.63, 3.8) is 0 Å². The van der Waals surface area contributed by atoms with Crippen molar-refractivity contribution in [2.45, 2.75) is 57.6 Å². The second kappa shape index (κ2) is 4.48. The molecule has 17 heavy (non-hydrogen) atoms. The fourth-order valence-corrected chi connectivity index (χ4v) is 3.06. The highest BCUT2D eigenvalue weighted by Gasteiger charge is 2.44. The molecule has 0 radical (unpaired) electrons. The SMILES string of the molecule is CC(C)(C)OC(=O)NCC12CCCN1CCC2. The van der Waals surface area contributed by atoms with Gasteiger partial charge in [-0.2, -0.15) is 0 Å². The van der Waals surface area contributed by atoms with Crippen LogP contribution in [0.3, 0.4) is 0 Å². The largest absolute Gasteiger partial charge is 0.444 e. The number of ether oxygens (including phenoxy) is 1. The van der Waals surface area contributed by atoms with Crippen LogP contribution in [0.2, 0.25) is 0 Å². The Kier molecular flexibility index (Phi) is 3.34. The zero-order chi connectivity index (χ0) is 12.5. The number of nitrogens with zero attached hydrogens (tertiary/aromatic N) is 1. The van der Waals surface area contributed by atoms with E-state index in [-0.39, 0.29) is 11.6 Å². The Labute approximate surface area is 104 Å². The molecule has 0 atom stereocenters. The van der Waals surface area contributed by atoms with Crippen LogP contribution in [0.25, 0.3) is 0 Å². The van der Waals surface area contributed by atoms with Gasteiger partial charge >= 0.3 is 6.09 Å². The first-order chi connectivity index (χ1) is 7.91. The molecule has 1 amide bonds. The van der Waals surface area contributed by atoms with Crippen molar-refractivity contribution in [1.29, 1.82) is 0 Å². The van der Waals surface area contributed by atoms with E-state index in [0.717, 1.165) is 6.54 Å². The van der Waals surface area contributed by atoms with E-state index in [9.17, 15) is 4.79 Å². The third kappa shape index (κ3) is 2.92. The Morgan fingerprint density at radius 2 is 1.88 bits per heavy atom. The third-order valence-electron chi connectivity index (χ3n) is 3.77. The number of nitrogens with one attached hydrogen (secondary N) is 1. The first-order valence-corrected chi connectivity index (χ1v) is 6.63. The van der Waals surface area contributed by atoms with Gasteiger partial charge in [-0.05, 0) is 59.5 Å². The van der Waals surface area contributed by atoms with E-state index in [1.165, 1.54) is 38.8 Å². The van der Waals surface area contributed by atoms with Crippen LogP contribution in [0, 0.1) is 0 Å². The zero-order valence-electron chi connectivity index (χ0n) is 11.2. The van der Waals surface area contributed by atoms with E-state index >= 15 is 0 Å². The molecule has 0 spiro atoms. The highest BCUT2D eigenvalue weighted by molar-refractivity contribution is 5.67. The van der Waals surface area contributed by atoms with Crippen molar-refractivity contribution < 1.29 is 9.53 Å². The van der Waals surface area contributed by atoms with Crippen LogP contribution in [0.1, 0.15) is 46.5 Å². The van der Waals surface area contributed by atoms with Crippen LogP contribution in [0.15, 0.2) is 0 Å². The predicted octanol–water partition coefficient (Wildman–Crippen LogP) is 2.14. The molecule has 0 aromatic rings. The van der Waals surface area contributed by atoms with Crippen molar-refractivity contribution in [3.05, 3.63) is 0 Å². The first kappa shape index (κ1) is 12.7. The maximum absolute atomic E-state index is 11.6. The van der Waals surface area contributed by atoms with Crippen LogP contribution in [0.5, 0.6) is 0 Å². The second-order valence-corrected chi connectivity index (χ2v) is 6.27. The lowest BCUT2D eigenvalue weighted by Crippen LogP contribution is -2.49. The van der Waals surface area contributed by atoms with E-state index in [1.54, 1.807) is 0 Å². The summed E-state index contributed by atoms with van der Waals surface area (Å²) >= 11 is 0. The first-order valence-electron chi connectivity index (χ1n) is 6.63. The Morgan fingerprint density at radius 1 is 1.29 bits per heavy atom. The van der Waals surface area contributed by atoms with Gasteiger partial charge in [0.05, 0.1) is 0 Å². The summed E-state index contributed by atoms with van der Waals surface area (Å²) in [7, 11) is 0. The number of hydrogen-bond acceptors (Lipinski definition) is 3. The van der Waals surface area contributed by atoms with Crippen molar-refractivity contribution >= 4 is 6.09 Å². The minimum absolute atomic E-state index is 0.233. The van der Waals surface area contributed by atoms with E-state index in [2.05, 4.69) is 10.2 Å².